The molecule has 0 bridgehead atoms. The molecule has 6 heteroatoms. The van der Waals surface area contributed by atoms with Crippen molar-refractivity contribution in [2.24, 2.45) is 0 Å². The number of nitrogens with zero attached hydrogens (tertiary/aromatic N) is 3. The van der Waals surface area contributed by atoms with Crippen LogP contribution in [0.3, 0.4) is 0 Å². The Kier molecular flexibility index (Phi) is 4.56. The van der Waals surface area contributed by atoms with E-state index >= 15 is 0 Å². The van der Waals surface area contributed by atoms with Crippen LogP contribution in [0.5, 0.6) is 0 Å². The molecular weight excluding hydrogens is 225 g/mol. The number of aliphatic carboxylic acids is 1. The fraction of sp³-hybridized carbons (Fsp3) is 0.364. The van der Waals surface area contributed by atoms with Crippen molar-refractivity contribution in [3.63, 3.8) is 0 Å². The molecule has 0 radical (unpaired) electrons. The molecule has 0 spiro atoms. The zero-order valence-electron chi connectivity index (χ0n) is 9.56. The molecule has 0 aliphatic heterocycles. The van der Waals surface area contributed by atoms with Crippen molar-refractivity contribution in [2.75, 3.05) is 18.0 Å². The maximum Gasteiger partial charge on any atom is 0.323 e. The molecule has 0 unspecified atom stereocenters. The minimum atomic E-state index is -1.05. The number of halogens is 1. The van der Waals surface area contributed by atoms with E-state index in [1.165, 1.54) is 17.3 Å². The van der Waals surface area contributed by atoms with E-state index in [2.05, 4.69) is 16.5 Å². The van der Waals surface area contributed by atoms with E-state index < -0.39 is 11.8 Å². The van der Waals surface area contributed by atoms with E-state index in [-0.39, 0.29) is 24.6 Å². The summed E-state index contributed by atoms with van der Waals surface area (Å²) in [6, 6.07) is 0. The summed E-state index contributed by atoms with van der Waals surface area (Å²) in [5.41, 5.74) is 0.273. The summed E-state index contributed by atoms with van der Waals surface area (Å²) in [6.07, 6.45) is 3.15. The fourth-order valence-corrected chi connectivity index (χ4v) is 1.41. The highest BCUT2D eigenvalue weighted by atomic mass is 19.1. The standard InChI is InChI=1S/C11H14FN3O2/c1-3-5-15(6-9(16)17)11-10(12)8(4-2)13-7-14-11/h3,7H,1,4-6H2,2H3,(H,16,17). The van der Waals surface area contributed by atoms with Gasteiger partial charge in [0.25, 0.3) is 0 Å². The molecular formula is C11H14FN3O2. The van der Waals surface area contributed by atoms with Crippen LogP contribution in [0.15, 0.2) is 19.0 Å². The van der Waals surface area contributed by atoms with E-state index in [1.54, 1.807) is 6.92 Å². The van der Waals surface area contributed by atoms with Crippen LogP contribution >= 0.6 is 0 Å². The predicted molar refractivity (Wildman–Crippen MR) is 61.4 cm³/mol. The summed E-state index contributed by atoms with van der Waals surface area (Å²) in [7, 11) is 0. The van der Waals surface area contributed by atoms with E-state index in [1.807, 2.05) is 0 Å². The molecule has 0 aromatic carbocycles. The van der Waals surface area contributed by atoms with Crippen LogP contribution in [-0.4, -0.2) is 34.1 Å². The monoisotopic (exact) mass is 239 g/mol. The molecule has 0 atom stereocenters. The SMILES string of the molecule is C=CCN(CC(=O)O)c1ncnc(CC)c1F. The second kappa shape index (κ2) is 5.93. The summed E-state index contributed by atoms with van der Waals surface area (Å²) in [4.78, 5) is 19.6. The van der Waals surface area contributed by atoms with Crippen molar-refractivity contribution >= 4 is 11.8 Å². The lowest BCUT2D eigenvalue weighted by Gasteiger charge is -2.20. The maximum atomic E-state index is 13.9. The quantitative estimate of drug-likeness (QED) is 0.757. The third-order valence-corrected chi connectivity index (χ3v) is 2.15. The van der Waals surface area contributed by atoms with Crippen LogP contribution in [-0.2, 0) is 11.2 Å². The van der Waals surface area contributed by atoms with Crippen LogP contribution in [0.1, 0.15) is 12.6 Å². The van der Waals surface area contributed by atoms with Gasteiger partial charge in [0.15, 0.2) is 11.6 Å². The minimum absolute atomic E-state index is 0.000787. The average Bonchev–Trinajstić information content (AvgIpc) is 2.28. The van der Waals surface area contributed by atoms with Gasteiger partial charge in [-0.15, -0.1) is 6.58 Å². The van der Waals surface area contributed by atoms with Crippen LogP contribution < -0.4 is 4.90 Å². The third kappa shape index (κ3) is 3.24. The normalized spacial score (nSPS) is 10.0. The number of carbonyl (C=O) groups is 1. The minimum Gasteiger partial charge on any atom is -0.480 e. The zero-order valence-corrected chi connectivity index (χ0v) is 9.56. The molecule has 92 valence electrons. The number of carboxylic acids is 1. The Bertz CT molecular complexity index is 423. The van der Waals surface area contributed by atoms with E-state index in [0.29, 0.717) is 6.42 Å². The van der Waals surface area contributed by atoms with Gasteiger partial charge in [0.1, 0.15) is 12.9 Å². The van der Waals surface area contributed by atoms with Gasteiger partial charge in [-0.05, 0) is 6.42 Å². The van der Waals surface area contributed by atoms with Crippen molar-refractivity contribution in [3.8, 4) is 0 Å². The predicted octanol–water partition coefficient (Wildman–Crippen LogP) is 1.26. The first-order valence-electron chi connectivity index (χ1n) is 5.17. The number of hydrogen-bond acceptors (Lipinski definition) is 4. The highest BCUT2D eigenvalue weighted by molar-refractivity contribution is 5.73. The van der Waals surface area contributed by atoms with Crippen LogP contribution in [0.2, 0.25) is 0 Å². The maximum absolute atomic E-state index is 13.9. The Hall–Kier alpha value is -1.98. The molecule has 0 saturated heterocycles. The van der Waals surface area contributed by atoms with E-state index in [9.17, 15) is 9.18 Å². The second-order valence-corrected chi connectivity index (χ2v) is 3.37. The Morgan fingerprint density at radius 3 is 2.88 bits per heavy atom. The van der Waals surface area contributed by atoms with Crippen molar-refractivity contribution in [1.29, 1.82) is 0 Å². The van der Waals surface area contributed by atoms with Gasteiger partial charge in [-0.2, -0.15) is 0 Å². The lowest BCUT2D eigenvalue weighted by molar-refractivity contribution is -0.135. The van der Waals surface area contributed by atoms with Crippen molar-refractivity contribution in [2.45, 2.75) is 13.3 Å². The molecule has 1 aromatic rings. The third-order valence-electron chi connectivity index (χ3n) is 2.15. The molecule has 0 amide bonds. The largest absolute Gasteiger partial charge is 0.480 e. The lowest BCUT2D eigenvalue weighted by atomic mass is 10.3. The summed E-state index contributed by atoms with van der Waals surface area (Å²) in [6.45, 7) is 5.15. The highest BCUT2D eigenvalue weighted by Crippen LogP contribution is 2.17. The van der Waals surface area contributed by atoms with Crippen LogP contribution in [0.25, 0.3) is 0 Å². The van der Waals surface area contributed by atoms with Crippen LogP contribution in [0.4, 0.5) is 10.2 Å². The molecule has 1 aromatic heterocycles. The number of rotatable bonds is 6. The summed E-state index contributed by atoms with van der Waals surface area (Å²) in [5, 5.41) is 8.75. The summed E-state index contributed by atoms with van der Waals surface area (Å²) in [5.74, 6) is -1.62. The van der Waals surface area contributed by atoms with Crippen molar-refractivity contribution in [3.05, 3.63) is 30.5 Å². The molecule has 1 rings (SSSR count). The lowest BCUT2D eigenvalue weighted by Crippen LogP contribution is -2.31. The van der Waals surface area contributed by atoms with Gasteiger partial charge in [0.05, 0.1) is 5.69 Å². The first kappa shape index (κ1) is 13.1. The van der Waals surface area contributed by atoms with Crippen molar-refractivity contribution in [1.82, 2.24) is 9.97 Å². The van der Waals surface area contributed by atoms with Gasteiger partial charge >= 0.3 is 5.97 Å². The number of carboxylic acid groups (broad SMARTS) is 1. The summed E-state index contributed by atoms with van der Waals surface area (Å²) < 4.78 is 13.9. The fourth-order valence-electron chi connectivity index (χ4n) is 1.41. The van der Waals surface area contributed by atoms with Gasteiger partial charge in [-0.1, -0.05) is 13.0 Å². The van der Waals surface area contributed by atoms with Gasteiger partial charge in [-0.3, -0.25) is 4.79 Å². The van der Waals surface area contributed by atoms with Crippen LogP contribution in [0, 0.1) is 5.82 Å². The second-order valence-electron chi connectivity index (χ2n) is 3.37. The van der Waals surface area contributed by atoms with E-state index in [0.717, 1.165) is 0 Å². The molecule has 1 heterocycles. The molecule has 0 aliphatic carbocycles. The molecule has 1 N–H and O–H groups in total. The Labute approximate surface area is 98.6 Å². The van der Waals surface area contributed by atoms with E-state index in [4.69, 9.17) is 5.11 Å². The van der Waals surface area contributed by atoms with Gasteiger partial charge in [0, 0.05) is 6.54 Å². The molecule has 0 saturated carbocycles. The van der Waals surface area contributed by atoms with Gasteiger partial charge < -0.3 is 10.0 Å². The van der Waals surface area contributed by atoms with Gasteiger partial charge in [0.2, 0.25) is 0 Å². The molecule has 5 nitrogen and oxygen atoms in total. The number of aryl methyl sites for hydroxylation is 1. The Morgan fingerprint density at radius 2 is 2.35 bits per heavy atom. The zero-order chi connectivity index (χ0) is 12.8. The highest BCUT2D eigenvalue weighted by Gasteiger charge is 2.17. The topological polar surface area (TPSA) is 66.3 Å². The number of anilines is 1. The Morgan fingerprint density at radius 1 is 1.65 bits per heavy atom. The van der Waals surface area contributed by atoms with Crippen molar-refractivity contribution < 1.29 is 14.3 Å². The Balaban J connectivity index is 3.08. The number of hydrogen-bond donors (Lipinski definition) is 1. The molecule has 17 heavy (non-hydrogen) atoms. The van der Waals surface area contributed by atoms with Gasteiger partial charge in [-0.25, -0.2) is 14.4 Å². The molecule has 0 aliphatic rings. The number of aromatic nitrogens is 2. The molecule has 0 fully saturated rings. The first-order chi connectivity index (χ1) is 8.10. The first-order valence-corrected chi connectivity index (χ1v) is 5.17. The average molecular weight is 239 g/mol. The summed E-state index contributed by atoms with van der Waals surface area (Å²) >= 11 is 0. The smallest absolute Gasteiger partial charge is 0.323 e.